The minimum absolute atomic E-state index is 0.00463. The highest BCUT2D eigenvalue weighted by Gasteiger charge is 2.10. The van der Waals surface area contributed by atoms with E-state index in [9.17, 15) is 10.1 Å². The number of aromatic nitrogens is 1. The van der Waals surface area contributed by atoms with Crippen LogP contribution in [-0.4, -0.2) is 9.91 Å². The van der Waals surface area contributed by atoms with Gasteiger partial charge in [-0.3, -0.25) is 10.1 Å². The molecule has 0 aliphatic heterocycles. The molecule has 1 rings (SSSR count). The largest absolute Gasteiger partial charge is 0.276 e. The van der Waals surface area contributed by atoms with Crippen LogP contribution >= 0.6 is 11.6 Å². The molecule has 58 valence electrons. The first-order valence-corrected chi connectivity index (χ1v) is 3.25. The maximum absolute atomic E-state index is 10.3. The van der Waals surface area contributed by atoms with Gasteiger partial charge in [-0.15, -0.1) is 0 Å². The molecule has 0 aromatic carbocycles. The highest BCUT2D eigenvalue weighted by Crippen LogP contribution is 2.19. The third kappa shape index (κ3) is 1.65. The molecule has 1 aromatic rings. The van der Waals surface area contributed by atoms with Gasteiger partial charge in [-0.2, -0.15) is 0 Å². The van der Waals surface area contributed by atoms with Gasteiger partial charge in [0, 0.05) is 11.8 Å². The van der Waals surface area contributed by atoms with Gasteiger partial charge in [0.25, 0.3) is 5.69 Å². The molecule has 4 nitrogen and oxygen atoms in total. The number of rotatable bonds is 1. The monoisotopic (exact) mass is 172 g/mol. The Bertz CT molecular complexity index is 301. The van der Waals surface area contributed by atoms with E-state index >= 15 is 0 Å². The van der Waals surface area contributed by atoms with Crippen molar-refractivity contribution < 1.29 is 4.92 Å². The molecule has 0 saturated carbocycles. The molecule has 0 N–H and O–H groups in total. The predicted octanol–water partition coefficient (Wildman–Crippen LogP) is 1.95. The SMILES string of the molecule is Cc1cnc(Cl)cc1[N+](=O)[O-]. The van der Waals surface area contributed by atoms with E-state index in [1.807, 2.05) is 0 Å². The van der Waals surface area contributed by atoms with Gasteiger partial charge in [-0.1, -0.05) is 11.6 Å². The summed E-state index contributed by atoms with van der Waals surface area (Å²) in [5.41, 5.74) is 0.518. The summed E-state index contributed by atoms with van der Waals surface area (Å²) in [5, 5.41) is 10.4. The van der Waals surface area contributed by atoms with Gasteiger partial charge in [0.2, 0.25) is 0 Å². The minimum Gasteiger partial charge on any atom is -0.258 e. The number of nitro groups is 1. The van der Waals surface area contributed by atoms with Crippen molar-refractivity contribution in [2.75, 3.05) is 0 Å². The molecule has 0 amide bonds. The van der Waals surface area contributed by atoms with Gasteiger partial charge in [0.1, 0.15) is 5.15 Å². The summed E-state index contributed by atoms with van der Waals surface area (Å²) >= 11 is 5.45. The van der Waals surface area contributed by atoms with Crippen LogP contribution in [0.5, 0.6) is 0 Å². The van der Waals surface area contributed by atoms with Gasteiger partial charge in [-0.05, 0) is 6.92 Å². The molecule has 0 saturated heterocycles. The molecule has 0 fully saturated rings. The molecular formula is C6H5ClN2O2. The molecule has 0 aliphatic rings. The third-order valence-electron chi connectivity index (χ3n) is 1.24. The van der Waals surface area contributed by atoms with Crippen molar-refractivity contribution in [1.82, 2.24) is 4.98 Å². The molecular weight excluding hydrogens is 168 g/mol. The van der Waals surface area contributed by atoms with E-state index in [0.29, 0.717) is 5.56 Å². The van der Waals surface area contributed by atoms with E-state index in [4.69, 9.17) is 11.6 Å². The van der Waals surface area contributed by atoms with E-state index in [1.165, 1.54) is 12.3 Å². The summed E-state index contributed by atoms with van der Waals surface area (Å²) in [5.74, 6) is 0. The molecule has 1 aromatic heterocycles. The first-order valence-electron chi connectivity index (χ1n) is 2.88. The molecule has 0 spiro atoms. The Morgan fingerprint density at radius 2 is 2.36 bits per heavy atom. The van der Waals surface area contributed by atoms with Crippen molar-refractivity contribution in [3.63, 3.8) is 0 Å². The molecule has 5 heteroatoms. The van der Waals surface area contributed by atoms with Crippen molar-refractivity contribution in [3.8, 4) is 0 Å². The molecule has 0 unspecified atom stereocenters. The summed E-state index contributed by atoms with van der Waals surface area (Å²) in [4.78, 5) is 13.5. The molecule has 0 radical (unpaired) electrons. The highest BCUT2D eigenvalue weighted by molar-refractivity contribution is 6.29. The second kappa shape index (κ2) is 2.84. The van der Waals surface area contributed by atoms with Crippen LogP contribution in [-0.2, 0) is 0 Å². The van der Waals surface area contributed by atoms with Crippen molar-refractivity contribution in [2.45, 2.75) is 6.92 Å². The van der Waals surface area contributed by atoms with Crippen LogP contribution in [0.15, 0.2) is 12.3 Å². The first-order chi connectivity index (χ1) is 5.11. The zero-order chi connectivity index (χ0) is 8.43. The molecule has 0 bridgehead atoms. The van der Waals surface area contributed by atoms with Crippen molar-refractivity contribution >= 4 is 17.3 Å². The standard InChI is InChI=1S/C6H5ClN2O2/c1-4-3-8-6(7)2-5(4)9(10)11/h2-3H,1H3. The molecule has 0 aliphatic carbocycles. The number of halogens is 1. The summed E-state index contributed by atoms with van der Waals surface area (Å²) in [6.45, 7) is 1.61. The maximum Gasteiger partial charge on any atom is 0.276 e. The molecule has 11 heavy (non-hydrogen) atoms. The molecule has 1 heterocycles. The van der Waals surface area contributed by atoms with E-state index in [2.05, 4.69) is 4.98 Å². The van der Waals surface area contributed by atoms with Crippen LogP contribution < -0.4 is 0 Å². The lowest BCUT2D eigenvalue weighted by Gasteiger charge is -1.94. The van der Waals surface area contributed by atoms with Gasteiger partial charge >= 0.3 is 0 Å². The van der Waals surface area contributed by atoms with Crippen LogP contribution in [0.25, 0.3) is 0 Å². The van der Waals surface area contributed by atoms with Crippen LogP contribution in [0, 0.1) is 17.0 Å². The highest BCUT2D eigenvalue weighted by atomic mass is 35.5. The maximum atomic E-state index is 10.3. The fourth-order valence-corrected chi connectivity index (χ4v) is 0.837. The van der Waals surface area contributed by atoms with E-state index < -0.39 is 4.92 Å². The fraction of sp³-hybridized carbons (Fsp3) is 0.167. The van der Waals surface area contributed by atoms with Gasteiger partial charge in [0.15, 0.2) is 0 Å². The normalized spacial score (nSPS) is 9.64. The van der Waals surface area contributed by atoms with Crippen LogP contribution in [0.2, 0.25) is 5.15 Å². The van der Waals surface area contributed by atoms with E-state index in [-0.39, 0.29) is 10.8 Å². The quantitative estimate of drug-likeness (QED) is 0.370. The average molecular weight is 173 g/mol. The smallest absolute Gasteiger partial charge is 0.258 e. The van der Waals surface area contributed by atoms with Crippen molar-refractivity contribution in [1.29, 1.82) is 0 Å². The predicted molar refractivity (Wildman–Crippen MR) is 40.6 cm³/mol. The van der Waals surface area contributed by atoms with Crippen molar-refractivity contribution in [2.24, 2.45) is 0 Å². The number of hydrogen-bond acceptors (Lipinski definition) is 3. The first kappa shape index (κ1) is 7.94. The van der Waals surface area contributed by atoms with E-state index in [1.54, 1.807) is 6.92 Å². The zero-order valence-electron chi connectivity index (χ0n) is 5.74. The van der Waals surface area contributed by atoms with Crippen molar-refractivity contribution in [3.05, 3.63) is 33.1 Å². The summed E-state index contributed by atoms with van der Waals surface area (Å²) in [6.07, 6.45) is 1.38. The Hall–Kier alpha value is -1.16. The van der Waals surface area contributed by atoms with Gasteiger partial charge in [0.05, 0.1) is 11.0 Å². The average Bonchev–Trinajstić information content (AvgIpc) is 1.94. The molecule has 0 atom stereocenters. The van der Waals surface area contributed by atoms with Crippen LogP contribution in [0.4, 0.5) is 5.69 Å². The fourth-order valence-electron chi connectivity index (χ4n) is 0.685. The number of pyridine rings is 1. The lowest BCUT2D eigenvalue weighted by atomic mass is 10.3. The van der Waals surface area contributed by atoms with Crippen LogP contribution in [0.3, 0.4) is 0 Å². The summed E-state index contributed by atoms with van der Waals surface area (Å²) in [7, 11) is 0. The van der Waals surface area contributed by atoms with Gasteiger partial charge < -0.3 is 0 Å². The minimum atomic E-state index is -0.483. The van der Waals surface area contributed by atoms with E-state index in [0.717, 1.165) is 0 Å². The zero-order valence-corrected chi connectivity index (χ0v) is 6.50. The Morgan fingerprint density at radius 1 is 1.73 bits per heavy atom. The second-order valence-corrected chi connectivity index (χ2v) is 2.44. The Labute approximate surface area is 68.0 Å². The topological polar surface area (TPSA) is 56.0 Å². The Morgan fingerprint density at radius 3 is 2.82 bits per heavy atom. The third-order valence-corrected chi connectivity index (χ3v) is 1.44. The Kier molecular flexibility index (Phi) is 2.05. The summed E-state index contributed by atoms with van der Waals surface area (Å²) < 4.78 is 0. The number of aryl methyl sites for hydroxylation is 1. The van der Waals surface area contributed by atoms with Crippen LogP contribution in [0.1, 0.15) is 5.56 Å². The lowest BCUT2D eigenvalue weighted by Crippen LogP contribution is -1.92. The second-order valence-electron chi connectivity index (χ2n) is 2.05. The van der Waals surface area contributed by atoms with Gasteiger partial charge in [-0.25, -0.2) is 4.98 Å². The summed E-state index contributed by atoms with van der Waals surface area (Å²) in [6, 6.07) is 1.23. The number of nitrogens with zero attached hydrogens (tertiary/aromatic N) is 2. The number of hydrogen-bond donors (Lipinski definition) is 0. The Balaban J connectivity index is 3.23. The lowest BCUT2D eigenvalue weighted by molar-refractivity contribution is -0.385.